The number of hydrogen-bond acceptors (Lipinski definition) is 6. The summed E-state index contributed by atoms with van der Waals surface area (Å²) in [6, 6.07) is 3.85. The highest BCUT2D eigenvalue weighted by Gasteiger charge is 2.65. The average molecular weight is 659 g/mol. The lowest BCUT2D eigenvalue weighted by molar-refractivity contribution is -0.252. The van der Waals surface area contributed by atoms with Gasteiger partial charge in [0, 0.05) is 33.7 Å². The summed E-state index contributed by atoms with van der Waals surface area (Å²) in [5, 5.41) is 10.2. The van der Waals surface area contributed by atoms with Crippen LogP contribution in [0.4, 0.5) is 10.1 Å². The smallest absolute Gasteiger partial charge is 0.344 e. The molecule has 4 N–H and O–H groups in total. The highest BCUT2D eigenvalue weighted by molar-refractivity contribution is 7.31. The molecule has 2 heterocycles. The van der Waals surface area contributed by atoms with Gasteiger partial charge in [0.1, 0.15) is 12.1 Å². The van der Waals surface area contributed by atoms with Crippen LogP contribution in [0.3, 0.4) is 0 Å². The molecule has 2 fully saturated rings. The number of allylic oxidation sites excluding steroid dienone is 4. The molecular formula is C30H39Cl2FN3O6P. The van der Waals surface area contributed by atoms with E-state index >= 15 is 0 Å². The molecule has 0 aromatic heterocycles. The molecule has 1 unspecified atom stereocenters. The third-order valence-corrected chi connectivity index (χ3v) is 9.00. The zero-order valence-corrected chi connectivity index (χ0v) is 26.9. The van der Waals surface area contributed by atoms with Crippen LogP contribution in [-0.2, 0) is 29.1 Å². The van der Waals surface area contributed by atoms with Gasteiger partial charge in [0.25, 0.3) is 0 Å². The summed E-state index contributed by atoms with van der Waals surface area (Å²) in [5.41, 5.74) is 0.444. The number of benzene rings is 1. The highest BCUT2D eigenvalue weighted by Crippen LogP contribution is 2.55. The molecule has 1 aromatic carbocycles. The van der Waals surface area contributed by atoms with Crippen LogP contribution in [0.5, 0.6) is 0 Å². The molecule has 9 nitrogen and oxygen atoms in total. The van der Waals surface area contributed by atoms with E-state index in [1.54, 1.807) is 24.3 Å². The second kappa shape index (κ2) is 13.9. The lowest BCUT2D eigenvalue weighted by Crippen LogP contribution is -2.51. The van der Waals surface area contributed by atoms with Gasteiger partial charge >= 0.3 is 8.25 Å². The van der Waals surface area contributed by atoms with Crippen LogP contribution < -0.4 is 16.0 Å². The van der Waals surface area contributed by atoms with Gasteiger partial charge < -0.3 is 20.8 Å². The van der Waals surface area contributed by atoms with E-state index in [9.17, 15) is 18.5 Å². The lowest BCUT2D eigenvalue weighted by Gasteiger charge is -2.38. The predicted molar refractivity (Wildman–Crippen MR) is 166 cm³/mol. The topological polar surface area (TPSA) is 126 Å². The van der Waals surface area contributed by atoms with Crippen molar-refractivity contribution in [1.82, 2.24) is 10.6 Å². The zero-order valence-electron chi connectivity index (χ0n) is 24.4. The normalized spacial score (nSPS) is 30.0. The first-order valence-corrected chi connectivity index (χ1v) is 16.3. The fourth-order valence-electron chi connectivity index (χ4n) is 6.60. The fraction of sp³-hybridized carbons (Fsp3) is 0.533. The van der Waals surface area contributed by atoms with Crippen LogP contribution in [0.2, 0.25) is 5.02 Å². The molecule has 0 radical (unpaired) electrons. The van der Waals surface area contributed by atoms with Gasteiger partial charge in [0.2, 0.25) is 11.8 Å². The Kier molecular flexibility index (Phi) is 11.0. The minimum Gasteiger partial charge on any atom is -0.352 e. The SMILES string of the molecule is C=C(/C=C\C=C(\Cl)CF)[C@H]1[C@H](C(=O)N[C@H]2CC[C@H](OO[PH](=O)O)CC2)N[C@H](CC(C)(C)C)[C@]12C(=O)Nc1cc(Cl)ccc12. The number of fused-ring (bicyclic) bond motifs is 2. The number of anilines is 1. The summed E-state index contributed by atoms with van der Waals surface area (Å²) in [4.78, 5) is 42.2. The van der Waals surface area contributed by atoms with Crippen molar-refractivity contribution in [2.75, 3.05) is 12.0 Å². The van der Waals surface area contributed by atoms with Crippen LogP contribution in [0.15, 0.2) is 53.6 Å². The van der Waals surface area contributed by atoms with Crippen molar-refractivity contribution in [3.05, 3.63) is 64.2 Å². The van der Waals surface area contributed by atoms with E-state index in [0.717, 1.165) is 5.56 Å². The van der Waals surface area contributed by atoms with Crippen LogP contribution in [0, 0.1) is 11.3 Å². The van der Waals surface area contributed by atoms with E-state index < -0.39 is 38.3 Å². The van der Waals surface area contributed by atoms with Crippen LogP contribution >= 0.6 is 31.5 Å². The minimum absolute atomic E-state index is 0.0123. The van der Waals surface area contributed by atoms with Crippen molar-refractivity contribution >= 4 is 49.0 Å². The number of hydrogen-bond donors (Lipinski definition) is 4. The van der Waals surface area contributed by atoms with Crippen molar-refractivity contribution < 1.29 is 33.0 Å². The molecule has 13 heteroatoms. The Morgan fingerprint density at radius 3 is 2.63 bits per heavy atom. The monoisotopic (exact) mass is 657 g/mol. The summed E-state index contributed by atoms with van der Waals surface area (Å²) in [7, 11) is -3.19. The Balaban J connectivity index is 1.70. The van der Waals surface area contributed by atoms with E-state index in [-0.39, 0.29) is 34.4 Å². The Hall–Kier alpha value is -2.04. The summed E-state index contributed by atoms with van der Waals surface area (Å²) in [6.07, 6.45) is 7.12. The summed E-state index contributed by atoms with van der Waals surface area (Å²) in [6.45, 7) is 9.73. The van der Waals surface area contributed by atoms with Gasteiger partial charge in [-0.25, -0.2) is 9.28 Å². The largest absolute Gasteiger partial charge is 0.352 e. The third-order valence-electron chi connectivity index (χ3n) is 8.30. The molecule has 1 saturated carbocycles. The molecule has 5 atom stereocenters. The molecule has 236 valence electrons. The van der Waals surface area contributed by atoms with Crippen LogP contribution in [0.1, 0.15) is 58.4 Å². The summed E-state index contributed by atoms with van der Waals surface area (Å²) in [5.74, 6) is -1.23. The standard InChI is InChI=1S/C30H39Cl2FN3O6P/c1-17(6-5-7-19(32)16-33)25-26(27(37)34-20-9-11-21(12-10-20)41-42-43(39)40)36-24(15-29(2,3)4)30(25)22-13-8-18(31)14-23(22)35-28(30)38/h5-8,13-14,20-21,24-26,36,43H,1,9-12,15-16H2,2-4H3,(H,34,37)(H,35,38)(H,39,40)/b6-5-,19-7+/t20-,21-,24-,25+,26-,30+/m1/s1. The quantitative estimate of drug-likeness (QED) is 0.107. The number of alkyl halides is 1. The van der Waals surface area contributed by atoms with E-state index in [2.05, 4.69) is 48.0 Å². The fourth-order valence-corrected chi connectivity index (χ4v) is 7.06. The zero-order chi connectivity index (χ0) is 31.5. The van der Waals surface area contributed by atoms with Gasteiger partial charge in [-0.15, -0.1) is 0 Å². The van der Waals surface area contributed by atoms with Crippen LogP contribution in [0.25, 0.3) is 0 Å². The molecule has 4 rings (SSSR count). The molecule has 3 aliphatic rings. The van der Waals surface area contributed by atoms with Crippen molar-refractivity contribution in [2.45, 2.75) is 82.5 Å². The molecule has 2 aliphatic heterocycles. The minimum atomic E-state index is -3.19. The number of halogens is 3. The molecular weight excluding hydrogens is 619 g/mol. The van der Waals surface area contributed by atoms with Crippen molar-refractivity contribution in [1.29, 1.82) is 0 Å². The number of carbonyl (C=O) groups excluding carboxylic acids is 2. The van der Waals surface area contributed by atoms with Gasteiger partial charge in [0.05, 0.1) is 12.1 Å². The molecule has 1 saturated heterocycles. The molecule has 1 aliphatic carbocycles. The Labute approximate surface area is 262 Å². The Morgan fingerprint density at radius 1 is 1.30 bits per heavy atom. The second-order valence-electron chi connectivity index (χ2n) is 12.6. The molecule has 1 spiro atoms. The van der Waals surface area contributed by atoms with Gasteiger partial charge in [0.15, 0.2) is 0 Å². The first-order valence-electron chi connectivity index (χ1n) is 14.3. The van der Waals surface area contributed by atoms with E-state index in [1.807, 2.05) is 6.07 Å². The lowest BCUT2D eigenvalue weighted by atomic mass is 9.62. The van der Waals surface area contributed by atoms with Gasteiger partial charge in [-0.3, -0.25) is 14.2 Å². The first-order chi connectivity index (χ1) is 20.3. The van der Waals surface area contributed by atoms with Crippen molar-refractivity contribution in [2.24, 2.45) is 11.3 Å². The number of nitrogens with one attached hydrogen (secondary N) is 3. The number of amides is 2. The second-order valence-corrected chi connectivity index (χ2v) is 14.2. The number of rotatable bonds is 10. The maximum absolute atomic E-state index is 14.2. The van der Waals surface area contributed by atoms with Gasteiger partial charge in [-0.1, -0.05) is 68.8 Å². The van der Waals surface area contributed by atoms with E-state index in [4.69, 9.17) is 33.0 Å². The molecule has 1 aromatic rings. The Morgan fingerprint density at radius 2 is 2.00 bits per heavy atom. The number of carbonyl (C=O) groups is 2. The summed E-state index contributed by atoms with van der Waals surface area (Å²) >= 11 is 12.2. The molecule has 2 amide bonds. The first kappa shape index (κ1) is 33.8. The Bertz CT molecular complexity index is 1330. The van der Waals surface area contributed by atoms with Crippen molar-refractivity contribution in [3.63, 3.8) is 0 Å². The molecule has 43 heavy (non-hydrogen) atoms. The summed E-state index contributed by atoms with van der Waals surface area (Å²) < 4.78 is 28.3. The van der Waals surface area contributed by atoms with Gasteiger partial charge in [-0.05, 0) is 66.9 Å². The third kappa shape index (κ3) is 7.61. The molecule has 0 bridgehead atoms. The van der Waals surface area contributed by atoms with E-state index in [0.29, 0.717) is 48.4 Å². The van der Waals surface area contributed by atoms with E-state index in [1.165, 1.54) is 6.08 Å². The van der Waals surface area contributed by atoms with Crippen molar-refractivity contribution in [3.8, 4) is 0 Å². The van der Waals surface area contributed by atoms with Crippen LogP contribution in [-0.4, -0.2) is 47.6 Å². The van der Waals surface area contributed by atoms with Gasteiger partial charge in [-0.2, -0.15) is 4.67 Å². The maximum atomic E-state index is 14.2. The predicted octanol–water partition coefficient (Wildman–Crippen LogP) is 5.88. The average Bonchev–Trinajstić information content (AvgIpc) is 3.41. The highest BCUT2D eigenvalue weighted by atomic mass is 35.5. The maximum Gasteiger partial charge on any atom is 0.344 e.